The third kappa shape index (κ3) is 3.15. The molecule has 1 unspecified atom stereocenters. The molecule has 1 aromatic rings. The summed E-state index contributed by atoms with van der Waals surface area (Å²) in [6.07, 6.45) is 7.08. The van der Waals surface area contributed by atoms with Gasteiger partial charge in [-0.2, -0.15) is 0 Å². The number of para-hydroxylation sites is 1. The van der Waals surface area contributed by atoms with Crippen LogP contribution in [0.25, 0.3) is 0 Å². The largest absolute Gasteiger partial charge is 0.493 e. The number of nitrogens with two attached hydrogens (primary N) is 1. The van der Waals surface area contributed by atoms with Crippen LogP contribution in [0.1, 0.15) is 50.0 Å². The Morgan fingerprint density at radius 2 is 2.00 bits per heavy atom. The summed E-state index contributed by atoms with van der Waals surface area (Å²) in [6, 6.07) is 8.31. The zero-order valence-corrected chi connectivity index (χ0v) is 12.1. The highest BCUT2D eigenvalue weighted by atomic mass is 16.5. The number of hydrogen-bond donors (Lipinski definition) is 1. The first-order valence-corrected chi connectivity index (χ1v) is 7.85. The molecule has 3 heteroatoms. The topological polar surface area (TPSA) is 44.5 Å². The van der Waals surface area contributed by atoms with Crippen molar-refractivity contribution in [2.24, 2.45) is 5.73 Å². The molecule has 0 saturated heterocycles. The minimum atomic E-state index is -0.0804. The van der Waals surface area contributed by atoms with E-state index in [0.717, 1.165) is 38.2 Å². The molecule has 3 rings (SSSR count). The summed E-state index contributed by atoms with van der Waals surface area (Å²) in [4.78, 5) is 0. The van der Waals surface area contributed by atoms with Gasteiger partial charge in [0.05, 0.1) is 19.8 Å². The lowest BCUT2D eigenvalue weighted by Gasteiger charge is -2.34. The quantitative estimate of drug-likeness (QED) is 0.917. The fourth-order valence-electron chi connectivity index (χ4n) is 3.39. The van der Waals surface area contributed by atoms with E-state index in [0.29, 0.717) is 12.5 Å². The Morgan fingerprint density at radius 1 is 1.20 bits per heavy atom. The predicted octanol–water partition coefficient (Wildman–Crippen LogP) is 3.23. The van der Waals surface area contributed by atoms with Crippen LogP contribution in [0, 0.1) is 0 Å². The standard InChI is InChI=1S/C17H25NO2/c18-17(9-4-1-5-10-17)13-19-12-14-8-11-20-16-7-3-2-6-15(14)16/h2-3,6-7,14H,1,4-5,8-13,18H2. The maximum absolute atomic E-state index is 6.42. The van der Waals surface area contributed by atoms with Crippen molar-refractivity contribution in [3.8, 4) is 5.75 Å². The SMILES string of the molecule is NC1(COCC2CCOc3ccccc32)CCCCC1. The summed E-state index contributed by atoms with van der Waals surface area (Å²) >= 11 is 0. The summed E-state index contributed by atoms with van der Waals surface area (Å²) < 4.78 is 11.7. The van der Waals surface area contributed by atoms with Crippen molar-refractivity contribution in [3.05, 3.63) is 29.8 Å². The van der Waals surface area contributed by atoms with E-state index in [9.17, 15) is 0 Å². The molecule has 1 aliphatic heterocycles. The van der Waals surface area contributed by atoms with Crippen LogP contribution in [0.2, 0.25) is 0 Å². The fourth-order valence-corrected chi connectivity index (χ4v) is 3.39. The lowest BCUT2D eigenvalue weighted by atomic mass is 9.83. The average Bonchev–Trinajstić information content (AvgIpc) is 2.48. The van der Waals surface area contributed by atoms with Gasteiger partial charge in [-0.05, 0) is 30.9 Å². The summed E-state index contributed by atoms with van der Waals surface area (Å²) in [5, 5.41) is 0. The van der Waals surface area contributed by atoms with Gasteiger partial charge < -0.3 is 15.2 Å². The molecule has 2 N–H and O–H groups in total. The first-order chi connectivity index (χ1) is 9.77. The molecule has 1 aliphatic carbocycles. The number of rotatable bonds is 4. The van der Waals surface area contributed by atoms with Crippen molar-refractivity contribution in [2.45, 2.75) is 50.0 Å². The Hall–Kier alpha value is -1.06. The molecule has 0 bridgehead atoms. The Bertz CT molecular complexity index is 440. The summed E-state index contributed by atoms with van der Waals surface area (Å²) in [6.45, 7) is 2.25. The first-order valence-electron chi connectivity index (χ1n) is 7.85. The van der Waals surface area contributed by atoms with Gasteiger partial charge in [0, 0.05) is 11.5 Å². The number of fused-ring (bicyclic) bond motifs is 1. The number of hydrogen-bond acceptors (Lipinski definition) is 3. The highest BCUT2D eigenvalue weighted by Gasteiger charge is 2.28. The Kier molecular flexibility index (Phi) is 4.27. The molecule has 1 heterocycles. The second kappa shape index (κ2) is 6.15. The third-order valence-corrected chi connectivity index (χ3v) is 4.64. The predicted molar refractivity (Wildman–Crippen MR) is 80.1 cm³/mol. The van der Waals surface area contributed by atoms with Gasteiger partial charge in [0.2, 0.25) is 0 Å². The van der Waals surface area contributed by atoms with E-state index >= 15 is 0 Å². The van der Waals surface area contributed by atoms with Gasteiger partial charge in [-0.1, -0.05) is 37.5 Å². The molecule has 0 spiro atoms. The molecule has 3 nitrogen and oxygen atoms in total. The molecule has 20 heavy (non-hydrogen) atoms. The summed E-state index contributed by atoms with van der Waals surface area (Å²) in [7, 11) is 0. The lowest BCUT2D eigenvalue weighted by molar-refractivity contribution is 0.0525. The van der Waals surface area contributed by atoms with E-state index in [2.05, 4.69) is 12.1 Å². The molecule has 1 saturated carbocycles. The second-order valence-electron chi connectivity index (χ2n) is 6.31. The van der Waals surface area contributed by atoms with Crippen LogP contribution in [-0.2, 0) is 4.74 Å². The zero-order valence-electron chi connectivity index (χ0n) is 12.1. The molecule has 0 radical (unpaired) electrons. The monoisotopic (exact) mass is 275 g/mol. The van der Waals surface area contributed by atoms with Crippen molar-refractivity contribution >= 4 is 0 Å². The van der Waals surface area contributed by atoms with Crippen molar-refractivity contribution < 1.29 is 9.47 Å². The molecular weight excluding hydrogens is 250 g/mol. The Morgan fingerprint density at radius 3 is 2.85 bits per heavy atom. The van der Waals surface area contributed by atoms with Crippen LogP contribution < -0.4 is 10.5 Å². The Balaban J connectivity index is 1.54. The third-order valence-electron chi connectivity index (χ3n) is 4.64. The average molecular weight is 275 g/mol. The van der Waals surface area contributed by atoms with Crippen LogP contribution in [0.15, 0.2) is 24.3 Å². The number of ether oxygens (including phenoxy) is 2. The molecule has 1 fully saturated rings. The van der Waals surface area contributed by atoms with Crippen LogP contribution in [-0.4, -0.2) is 25.4 Å². The van der Waals surface area contributed by atoms with E-state index in [1.54, 1.807) is 0 Å². The maximum atomic E-state index is 6.42. The van der Waals surface area contributed by atoms with Crippen LogP contribution >= 0.6 is 0 Å². The molecule has 1 aromatic carbocycles. The van der Waals surface area contributed by atoms with E-state index in [1.165, 1.54) is 24.8 Å². The van der Waals surface area contributed by atoms with Gasteiger partial charge in [0.1, 0.15) is 5.75 Å². The normalized spacial score (nSPS) is 24.8. The smallest absolute Gasteiger partial charge is 0.122 e. The molecule has 1 atom stereocenters. The highest BCUT2D eigenvalue weighted by molar-refractivity contribution is 5.37. The molecule has 110 valence electrons. The van der Waals surface area contributed by atoms with E-state index in [-0.39, 0.29) is 5.54 Å². The highest BCUT2D eigenvalue weighted by Crippen LogP contribution is 2.34. The van der Waals surface area contributed by atoms with Crippen molar-refractivity contribution in [1.82, 2.24) is 0 Å². The minimum Gasteiger partial charge on any atom is -0.493 e. The minimum absolute atomic E-state index is 0.0804. The first kappa shape index (κ1) is 13.9. The fraction of sp³-hybridized carbons (Fsp3) is 0.647. The van der Waals surface area contributed by atoms with E-state index < -0.39 is 0 Å². The van der Waals surface area contributed by atoms with Gasteiger partial charge in [0.15, 0.2) is 0 Å². The molecular formula is C17H25NO2. The van der Waals surface area contributed by atoms with Crippen LogP contribution in [0.5, 0.6) is 5.75 Å². The van der Waals surface area contributed by atoms with Crippen LogP contribution in [0.4, 0.5) is 0 Å². The molecule has 2 aliphatic rings. The van der Waals surface area contributed by atoms with Crippen molar-refractivity contribution in [2.75, 3.05) is 19.8 Å². The van der Waals surface area contributed by atoms with Crippen molar-refractivity contribution in [3.63, 3.8) is 0 Å². The summed E-state index contributed by atoms with van der Waals surface area (Å²) in [5.74, 6) is 1.47. The lowest BCUT2D eigenvalue weighted by Crippen LogP contribution is -2.46. The molecule has 0 aromatic heterocycles. The second-order valence-corrected chi connectivity index (χ2v) is 6.31. The van der Waals surface area contributed by atoms with Crippen LogP contribution in [0.3, 0.4) is 0 Å². The van der Waals surface area contributed by atoms with Gasteiger partial charge >= 0.3 is 0 Å². The van der Waals surface area contributed by atoms with Gasteiger partial charge in [0.25, 0.3) is 0 Å². The Labute approximate surface area is 121 Å². The zero-order chi connectivity index (χ0) is 13.8. The van der Waals surface area contributed by atoms with Crippen molar-refractivity contribution in [1.29, 1.82) is 0 Å². The molecule has 0 amide bonds. The number of benzene rings is 1. The van der Waals surface area contributed by atoms with Gasteiger partial charge in [-0.15, -0.1) is 0 Å². The summed E-state index contributed by atoms with van der Waals surface area (Å²) in [5.41, 5.74) is 7.62. The maximum Gasteiger partial charge on any atom is 0.122 e. The van der Waals surface area contributed by atoms with Gasteiger partial charge in [-0.25, -0.2) is 0 Å². The van der Waals surface area contributed by atoms with E-state index in [1.807, 2.05) is 12.1 Å². The van der Waals surface area contributed by atoms with E-state index in [4.69, 9.17) is 15.2 Å². The van der Waals surface area contributed by atoms with Gasteiger partial charge in [-0.3, -0.25) is 0 Å².